The summed E-state index contributed by atoms with van der Waals surface area (Å²) in [7, 11) is 0. The molecule has 0 heterocycles. The van der Waals surface area contributed by atoms with Gasteiger partial charge in [0.05, 0.1) is 5.92 Å². The molecule has 0 aromatic heterocycles. The lowest BCUT2D eigenvalue weighted by atomic mass is 9.30. The van der Waals surface area contributed by atoms with Crippen LogP contribution in [0, 0.1) is 56.2 Å². The lowest BCUT2D eigenvalue weighted by Crippen LogP contribution is -2.67. The van der Waals surface area contributed by atoms with E-state index in [4.69, 9.17) is 0 Å². The molecule has 4 saturated carbocycles. The van der Waals surface area contributed by atoms with Gasteiger partial charge in [-0.1, -0.05) is 55.4 Å². The van der Waals surface area contributed by atoms with Crippen molar-refractivity contribution in [2.45, 2.75) is 120 Å². The summed E-state index contributed by atoms with van der Waals surface area (Å²) >= 11 is 0. The van der Waals surface area contributed by atoms with E-state index < -0.39 is 23.3 Å². The maximum Gasteiger partial charge on any atom is 0.306 e. The molecule has 0 aromatic carbocycles. The maximum absolute atomic E-state index is 12.1. The van der Waals surface area contributed by atoms with Gasteiger partial charge in [-0.3, -0.25) is 9.59 Å². The van der Waals surface area contributed by atoms with E-state index in [1.165, 1.54) is 32.1 Å². The second-order valence-electron chi connectivity index (χ2n) is 15.2. The van der Waals surface area contributed by atoms with Crippen LogP contribution in [-0.4, -0.2) is 22.2 Å². The molecule has 4 fully saturated rings. The summed E-state index contributed by atoms with van der Waals surface area (Å²) in [6.07, 6.45) is 10.5. The molecule has 9 unspecified atom stereocenters. The molecule has 2 N–H and O–H groups in total. The van der Waals surface area contributed by atoms with Crippen LogP contribution in [0.3, 0.4) is 0 Å². The molecule has 0 amide bonds. The largest absolute Gasteiger partial charge is 0.481 e. The molecule has 4 heteroatoms. The van der Waals surface area contributed by atoms with Gasteiger partial charge in [-0.2, -0.15) is 0 Å². The number of aliphatic carboxylic acids is 2. The van der Waals surface area contributed by atoms with E-state index in [1.54, 1.807) is 0 Å². The van der Waals surface area contributed by atoms with E-state index >= 15 is 0 Å². The Morgan fingerprint density at radius 3 is 1.94 bits per heavy atom. The van der Waals surface area contributed by atoms with Gasteiger partial charge in [0.25, 0.3) is 0 Å². The summed E-state index contributed by atoms with van der Waals surface area (Å²) in [6, 6.07) is 0. The third kappa shape index (κ3) is 3.43. The quantitative estimate of drug-likeness (QED) is 0.439. The normalized spacial score (nSPS) is 50.9. The molecular formula is C30H50O4. The maximum atomic E-state index is 12.1. The molecule has 0 bridgehead atoms. The van der Waals surface area contributed by atoms with Gasteiger partial charge in [-0.25, -0.2) is 0 Å². The van der Waals surface area contributed by atoms with Crippen LogP contribution in [0.2, 0.25) is 0 Å². The van der Waals surface area contributed by atoms with Crippen LogP contribution in [0.1, 0.15) is 120 Å². The molecule has 0 aliphatic heterocycles. The topological polar surface area (TPSA) is 74.6 Å². The van der Waals surface area contributed by atoms with Gasteiger partial charge >= 0.3 is 11.9 Å². The summed E-state index contributed by atoms with van der Waals surface area (Å²) < 4.78 is 0. The second-order valence-corrected chi connectivity index (χ2v) is 15.2. The highest BCUT2D eigenvalue weighted by Gasteiger charge is 2.70. The van der Waals surface area contributed by atoms with E-state index in [1.807, 2.05) is 6.92 Å². The highest BCUT2D eigenvalue weighted by atomic mass is 16.4. The van der Waals surface area contributed by atoms with Crippen LogP contribution in [-0.2, 0) is 9.59 Å². The van der Waals surface area contributed by atoms with Crippen LogP contribution < -0.4 is 0 Å². The minimum atomic E-state index is -0.787. The Morgan fingerprint density at radius 2 is 1.35 bits per heavy atom. The standard InChI is InChI=1S/C30H50O4/c1-19(24(33)34)27(5)10-9-20-28(6,21(27)17-23(31)32)14-16-30(8)22-18-25(2,3)11-12-26(22,4)13-15-29(20,30)7/h19-22H,9-18H2,1-8H3,(H,31,32)(H,33,34). The molecule has 4 aliphatic carbocycles. The Labute approximate surface area is 207 Å². The molecule has 194 valence electrons. The fraction of sp³-hybridized carbons (Fsp3) is 0.933. The Balaban J connectivity index is 1.78. The van der Waals surface area contributed by atoms with E-state index in [2.05, 4.69) is 48.5 Å². The summed E-state index contributed by atoms with van der Waals surface area (Å²) in [5.74, 6) is -1.06. The fourth-order valence-electron chi connectivity index (χ4n) is 10.6. The van der Waals surface area contributed by atoms with Gasteiger partial charge in [-0.05, 0) is 108 Å². The van der Waals surface area contributed by atoms with Crippen LogP contribution in [0.4, 0.5) is 0 Å². The first kappa shape index (κ1) is 26.0. The van der Waals surface area contributed by atoms with Gasteiger partial charge in [-0.15, -0.1) is 0 Å². The number of carboxylic acids is 2. The summed E-state index contributed by atoms with van der Waals surface area (Å²) in [5.41, 5.74) is 0.597. The Hall–Kier alpha value is -1.06. The molecule has 4 nitrogen and oxygen atoms in total. The van der Waals surface area contributed by atoms with Gasteiger partial charge in [0.1, 0.15) is 0 Å². The number of carbonyl (C=O) groups is 2. The first-order valence-corrected chi connectivity index (χ1v) is 13.9. The third-order valence-electron chi connectivity index (χ3n) is 13.3. The number of carboxylic acid groups (broad SMARTS) is 2. The Bertz CT molecular complexity index is 864. The van der Waals surface area contributed by atoms with Crippen molar-refractivity contribution in [2.24, 2.45) is 56.2 Å². The van der Waals surface area contributed by atoms with Gasteiger partial charge in [0, 0.05) is 6.42 Å². The van der Waals surface area contributed by atoms with E-state index in [9.17, 15) is 19.8 Å². The van der Waals surface area contributed by atoms with Crippen LogP contribution in [0.25, 0.3) is 0 Å². The molecule has 34 heavy (non-hydrogen) atoms. The van der Waals surface area contributed by atoms with Gasteiger partial charge in [0.15, 0.2) is 0 Å². The predicted octanol–water partition coefficient (Wildman–Crippen LogP) is 7.65. The van der Waals surface area contributed by atoms with Crippen molar-refractivity contribution in [3.05, 3.63) is 0 Å². The van der Waals surface area contributed by atoms with Gasteiger partial charge in [0.2, 0.25) is 0 Å². The van der Waals surface area contributed by atoms with Crippen LogP contribution in [0.15, 0.2) is 0 Å². The zero-order chi connectivity index (χ0) is 25.5. The smallest absolute Gasteiger partial charge is 0.306 e. The summed E-state index contributed by atoms with van der Waals surface area (Å²) in [4.78, 5) is 24.3. The minimum Gasteiger partial charge on any atom is -0.481 e. The van der Waals surface area contributed by atoms with Crippen LogP contribution in [0.5, 0.6) is 0 Å². The second kappa shape index (κ2) is 7.72. The summed E-state index contributed by atoms with van der Waals surface area (Å²) in [6.45, 7) is 18.9. The molecule has 4 rings (SSSR count). The van der Waals surface area contributed by atoms with E-state index in [-0.39, 0.29) is 28.6 Å². The molecule has 0 aromatic rings. The van der Waals surface area contributed by atoms with Crippen molar-refractivity contribution in [1.29, 1.82) is 0 Å². The van der Waals surface area contributed by atoms with Gasteiger partial charge < -0.3 is 10.2 Å². The van der Waals surface area contributed by atoms with Crippen molar-refractivity contribution in [1.82, 2.24) is 0 Å². The summed E-state index contributed by atoms with van der Waals surface area (Å²) in [5, 5.41) is 19.9. The fourth-order valence-corrected chi connectivity index (χ4v) is 10.6. The zero-order valence-electron chi connectivity index (χ0n) is 23.1. The molecular weight excluding hydrogens is 424 g/mol. The zero-order valence-corrected chi connectivity index (χ0v) is 23.1. The van der Waals surface area contributed by atoms with Crippen molar-refractivity contribution in [2.75, 3.05) is 0 Å². The molecule has 0 spiro atoms. The molecule has 0 radical (unpaired) electrons. The monoisotopic (exact) mass is 474 g/mol. The predicted molar refractivity (Wildman–Crippen MR) is 135 cm³/mol. The lowest BCUT2D eigenvalue weighted by Gasteiger charge is -2.74. The third-order valence-corrected chi connectivity index (χ3v) is 13.3. The first-order chi connectivity index (χ1) is 15.5. The van der Waals surface area contributed by atoms with E-state index in [0.717, 1.165) is 25.7 Å². The van der Waals surface area contributed by atoms with Crippen molar-refractivity contribution >= 4 is 11.9 Å². The average Bonchev–Trinajstić information content (AvgIpc) is 2.73. The lowest BCUT2D eigenvalue weighted by molar-refractivity contribution is -0.255. The average molecular weight is 475 g/mol. The molecule has 9 atom stereocenters. The highest BCUT2D eigenvalue weighted by molar-refractivity contribution is 5.71. The van der Waals surface area contributed by atoms with E-state index in [0.29, 0.717) is 22.7 Å². The van der Waals surface area contributed by atoms with Crippen molar-refractivity contribution < 1.29 is 19.8 Å². The Kier molecular flexibility index (Phi) is 5.91. The minimum absolute atomic E-state index is 0.0854. The van der Waals surface area contributed by atoms with Crippen LogP contribution >= 0.6 is 0 Å². The highest BCUT2D eigenvalue weighted by Crippen LogP contribution is 2.77. The number of fused-ring (bicyclic) bond motifs is 5. The number of hydrogen-bond acceptors (Lipinski definition) is 2. The van der Waals surface area contributed by atoms with Crippen molar-refractivity contribution in [3.63, 3.8) is 0 Å². The van der Waals surface area contributed by atoms with Crippen molar-refractivity contribution in [3.8, 4) is 0 Å². The number of hydrogen-bond donors (Lipinski definition) is 2. The SMILES string of the molecule is CC(C(=O)O)C1(C)CCC2C(C)(CCC3(C)C4CC(C)(C)CCC4(C)CCC23C)C1CC(=O)O. The first-order valence-electron chi connectivity index (χ1n) is 13.9. The molecule has 0 saturated heterocycles. The Morgan fingerprint density at radius 1 is 0.794 bits per heavy atom. The molecule has 4 aliphatic rings. The number of rotatable bonds is 4.